The number of hydrogen-bond acceptors (Lipinski definition) is 2. The van der Waals surface area contributed by atoms with E-state index in [1.807, 2.05) is 11.8 Å². The normalized spacial score (nSPS) is 15.8. The summed E-state index contributed by atoms with van der Waals surface area (Å²) in [7, 11) is 0. The average Bonchev–Trinajstić information content (AvgIpc) is 2.14. The minimum atomic E-state index is 0.434. The first-order chi connectivity index (χ1) is 6.24. The molecule has 0 spiro atoms. The molecule has 0 aliphatic rings. The molecular weight excluding hydrogens is 175 g/mol. The van der Waals surface area contributed by atoms with E-state index in [2.05, 4.69) is 37.8 Å². The van der Waals surface area contributed by atoms with Crippen LogP contribution in [0.5, 0.6) is 0 Å². The van der Waals surface area contributed by atoms with Gasteiger partial charge < -0.3 is 0 Å². The van der Waals surface area contributed by atoms with Crippen LogP contribution in [-0.4, -0.2) is 40.6 Å². The summed E-state index contributed by atoms with van der Waals surface area (Å²) in [5.41, 5.74) is 0. The molecule has 0 heterocycles. The molecule has 0 aliphatic heterocycles. The van der Waals surface area contributed by atoms with Crippen molar-refractivity contribution < 1.29 is 4.74 Å². The molecule has 0 saturated carbocycles. The van der Waals surface area contributed by atoms with Crippen LogP contribution in [0.3, 0.4) is 0 Å². The van der Waals surface area contributed by atoms with Crippen LogP contribution in [0, 0.1) is 0 Å². The van der Waals surface area contributed by atoms with Gasteiger partial charge in [0.1, 0.15) is 0 Å². The zero-order valence-electron chi connectivity index (χ0n) is 9.51. The maximum absolute atomic E-state index is 5.66. The van der Waals surface area contributed by atoms with Gasteiger partial charge in [0.25, 0.3) is 0 Å². The fourth-order valence-corrected chi connectivity index (χ4v) is 2.35. The van der Waals surface area contributed by atoms with E-state index in [9.17, 15) is 0 Å². The van der Waals surface area contributed by atoms with Gasteiger partial charge in [0.05, 0.1) is 0 Å². The van der Waals surface area contributed by atoms with Crippen molar-refractivity contribution >= 4 is 29.5 Å². The molecule has 2 unspecified atom stereocenters. The first-order valence-corrected chi connectivity index (χ1v) is 6.67. The van der Waals surface area contributed by atoms with Crippen LogP contribution >= 0.6 is 11.8 Å². The zero-order chi connectivity index (χ0) is 10.1. The molecule has 74 valence electrons. The molecule has 3 heteroatoms. The molecule has 0 aromatic rings. The van der Waals surface area contributed by atoms with Gasteiger partial charge in [-0.1, -0.05) is 0 Å². The molecule has 0 N–H and O–H groups in total. The Morgan fingerprint density at radius 2 is 2.00 bits per heavy atom. The third kappa shape index (κ3) is 7.94. The molecule has 0 fully saturated rings. The molecule has 0 rings (SSSR count). The van der Waals surface area contributed by atoms with Crippen LogP contribution < -0.4 is 0 Å². The maximum atomic E-state index is 5.66. The van der Waals surface area contributed by atoms with Crippen molar-refractivity contribution in [2.24, 2.45) is 0 Å². The molecule has 13 heavy (non-hydrogen) atoms. The van der Waals surface area contributed by atoms with E-state index in [1.165, 1.54) is 19.3 Å². The van der Waals surface area contributed by atoms with Crippen molar-refractivity contribution in [3.63, 3.8) is 0 Å². The SMILES string of the molecule is [Li][CH](CC(CCC)SC)OCCC. The van der Waals surface area contributed by atoms with Crippen molar-refractivity contribution in [1.82, 2.24) is 0 Å². The van der Waals surface area contributed by atoms with Gasteiger partial charge in [0.15, 0.2) is 0 Å². The van der Waals surface area contributed by atoms with E-state index in [-0.39, 0.29) is 0 Å². The number of ether oxygens (including phenoxy) is 1. The minimum absolute atomic E-state index is 0.434. The summed E-state index contributed by atoms with van der Waals surface area (Å²) in [5, 5.41) is 0.789. The molecule has 2 atom stereocenters. The van der Waals surface area contributed by atoms with E-state index < -0.39 is 0 Å². The fraction of sp³-hybridized carbons (Fsp3) is 1.00. The summed E-state index contributed by atoms with van der Waals surface area (Å²) in [6.07, 6.45) is 7.14. The van der Waals surface area contributed by atoms with Gasteiger partial charge in [-0.3, -0.25) is 0 Å². The van der Waals surface area contributed by atoms with Crippen LogP contribution in [0.25, 0.3) is 0 Å². The standard InChI is InChI=1S/C10H21OS.Li/c1-4-6-10(12-3)7-9-11-8-5-2;/h9-10H,4-8H2,1-3H3;. The third-order valence-corrected chi connectivity index (χ3v) is 3.24. The first kappa shape index (κ1) is 13.9. The van der Waals surface area contributed by atoms with Gasteiger partial charge in [-0.05, 0) is 0 Å². The Hall–Kier alpha value is 0.907. The van der Waals surface area contributed by atoms with Crippen molar-refractivity contribution in [3.8, 4) is 0 Å². The second-order valence-corrected chi connectivity index (χ2v) is 4.70. The zero-order valence-corrected chi connectivity index (χ0v) is 10.3. The van der Waals surface area contributed by atoms with Crippen LogP contribution in [0.15, 0.2) is 0 Å². The Balaban J connectivity index is 3.53. The topological polar surface area (TPSA) is 9.23 Å². The van der Waals surface area contributed by atoms with Crippen LogP contribution in [0.1, 0.15) is 39.5 Å². The number of thioether (sulfide) groups is 1. The third-order valence-electron chi connectivity index (χ3n) is 2.15. The fourth-order valence-electron chi connectivity index (χ4n) is 1.41. The molecule has 0 radical (unpaired) electrons. The number of rotatable bonds is 8. The molecular formula is C10H21LiOS. The molecule has 1 nitrogen and oxygen atoms in total. The number of hydrogen-bond donors (Lipinski definition) is 0. The molecule has 0 aromatic heterocycles. The Bertz CT molecular complexity index is 111. The second kappa shape index (κ2) is 9.46. The summed E-state index contributed by atoms with van der Waals surface area (Å²) in [6, 6.07) is 0. The van der Waals surface area contributed by atoms with Crippen molar-refractivity contribution in [1.29, 1.82) is 0 Å². The Morgan fingerprint density at radius 1 is 1.31 bits per heavy atom. The van der Waals surface area contributed by atoms with Crippen molar-refractivity contribution in [2.75, 3.05) is 12.9 Å². The summed E-state index contributed by atoms with van der Waals surface area (Å²) in [5.74, 6) is 0. The summed E-state index contributed by atoms with van der Waals surface area (Å²) in [6.45, 7) is 5.32. The predicted octanol–water partition coefficient (Wildman–Crippen LogP) is 2.83. The van der Waals surface area contributed by atoms with Gasteiger partial charge in [-0.25, -0.2) is 0 Å². The average molecular weight is 196 g/mol. The van der Waals surface area contributed by atoms with E-state index in [1.54, 1.807) is 0 Å². The van der Waals surface area contributed by atoms with E-state index in [0.29, 0.717) is 4.78 Å². The Kier molecular flexibility index (Phi) is 10.1. The molecule has 0 amide bonds. The first-order valence-electron chi connectivity index (χ1n) is 5.38. The monoisotopic (exact) mass is 196 g/mol. The van der Waals surface area contributed by atoms with E-state index >= 15 is 0 Å². The van der Waals surface area contributed by atoms with Crippen LogP contribution in [0.2, 0.25) is 0 Å². The van der Waals surface area contributed by atoms with E-state index in [0.717, 1.165) is 18.3 Å². The quantitative estimate of drug-likeness (QED) is 0.552. The summed E-state index contributed by atoms with van der Waals surface area (Å²) < 4.78 is 6.09. The molecule has 0 aliphatic carbocycles. The Labute approximate surface area is 96.6 Å². The van der Waals surface area contributed by atoms with Gasteiger partial charge in [0, 0.05) is 0 Å². The van der Waals surface area contributed by atoms with Gasteiger partial charge >= 0.3 is 96.6 Å². The van der Waals surface area contributed by atoms with Crippen molar-refractivity contribution in [2.45, 2.75) is 49.6 Å². The van der Waals surface area contributed by atoms with E-state index in [4.69, 9.17) is 4.74 Å². The summed E-state index contributed by atoms with van der Waals surface area (Å²) in [4.78, 5) is 0. The molecule has 0 saturated heterocycles. The van der Waals surface area contributed by atoms with Crippen LogP contribution in [0.4, 0.5) is 0 Å². The van der Waals surface area contributed by atoms with Gasteiger partial charge in [0.2, 0.25) is 0 Å². The van der Waals surface area contributed by atoms with Gasteiger partial charge in [-0.2, -0.15) is 0 Å². The molecule has 0 aromatic carbocycles. The predicted molar refractivity (Wildman–Crippen MR) is 62.6 cm³/mol. The summed E-state index contributed by atoms with van der Waals surface area (Å²) >= 11 is 4.17. The second-order valence-electron chi connectivity index (χ2n) is 3.56. The van der Waals surface area contributed by atoms with Crippen molar-refractivity contribution in [3.05, 3.63) is 0 Å². The Morgan fingerprint density at radius 3 is 2.46 bits per heavy atom. The van der Waals surface area contributed by atoms with Crippen LogP contribution in [-0.2, 0) is 4.74 Å². The molecule has 0 bridgehead atoms. The van der Waals surface area contributed by atoms with Gasteiger partial charge in [-0.15, -0.1) is 0 Å².